The van der Waals surface area contributed by atoms with Crippen molar-refractivity contribution in [1.29, 1.82) is 0 Å². The summed E-state index contributed by atoms with van der Waals surface area (Å²) in [6, 6.07) is 14.9. The van der Waals surface area contributed by atoms with E-state index in [9.17, 15) is 9.90 Å². The number of nitrogens with zero attached hydrogens (tertiary/aromatic N) is 4. The Morgan fingerprint density at radius 3 is 2.53 bits per heavy atom. The summed E-state index contributed by atoms with van der Waals surface area (Å²) in [5.41, 5.74) is 3.70. The average molecular weight is 455 g/mol. The van der Waals surface area contributed by atoms with Gasteiger partial charge in [-0.15, -0.1) is 0 Å². The van der Waals surface area contributed by atoms with Crippen LogP contribution in [0.4, 0.5) is 0 Å². The second-order valence-electron chi connectivity index (χ2n) is 8.86. The van der Waals surface area contributed by atoms with E-state index in [1.807, 2.05) is 29.7 Å². The third kappa shape index (κ3) is 3.34. The summed E-state index contributed by atoms with van der Waals surface area (Å²) < 4.78 is 1.90. The summed E-state index contributed by atoms with van der Waals surface area (Å²) in [6.07, 6.45) is 0. The van der Waals surface area contributed by atoms with Crippen molar-refractivity contribution in [2.75, 3.05) is 32.7 Å². The molecule has 0 spiro atoms. The van der Waals surface area contributed by atoms with Gasteiger partial charge in [-0.3, -0.25) is 14.8 Å². The molecule has 0 atom stereocenters. The normalized spacial score (nSPS) is 15.0. The molecule has 0 unspecified atom stereocenters. The third-order valence-electron chi connectivity index (χ3n) is 6.80. The number of hydrogen-bond donors (Lipinski definition) is 3. The molecule has 0 aliphatic carbocycles. The van der Waals surface area contributed by atoms with Crippen molar-refractivity contribution in [3.05, 3.63) is 64.6 Å². The summed E-state index contributed by atoms with van der Waals surface area (Å²) in [5.74, 6) is 0.172. The molecule has 1 saturated heterocycles. The van der Waals surface area contributed by atoms with Crippen molar-refractivity contribution in [2.24, 2.45) is 0 Å². The molecule has 0 amide bonds. The molecule has 8 heteroatoms. The highest BCUT2D eigenvalue weighted by molar-refractivity contribution is 6.21. The molecule has 3 N–H and O–H groups in total. The average Bonchev–Trinajstić information content (AvgIpc) is 3.24. The van der Waals surface area contributed by atoms with Crippen LogP contribution in [0.25, 0.3) is 44.0 Å². The number of para-hydroxylation sites is 1. The number of fused-ring (bicyclic) bond motifs is 5. The maximum atomic E-state index is 14.2. The number of hydrogen-bond acceptors (Lipinski definition) is 6. The van der Waals surface area contributed by atoms with Gasteiger partial charge in [-0.05, 0) is 37.3 Å². The number of pyridine rings is 2. The summed E-state index contributed by atoms with van der Waals surface area (Å²) in [4.78, 5) is 21.4. The molecule has 4 heterocycles. The molecule has 0 radical (unpaired) electrons. The van der Waals surface area contributed by atoms with E-state index in [0.29, 0.717) is 23.3 Å². The Kier molecular flexibility index (Phi) is 5.04. The summed E-state index contributed by atoms with van der Waals surface area (Å²) >= 11 is 0. The van der Waals surface area contributed by atoms with E-state index in [1.54, 1.807) is 24.3 Å². The van der Waals surface area contributed by atoms with Crippen LogP contribution in [-0.4, -0.2) is 62.5 Å². The highest BCUT2D eigenvalue weighted by Gasteiger charge is 2.22. The summed E-state index contributed by atoms with van der Waals surface area (Å²) in [7, 11) is 0. The van der Waals surface area contributed by atoms with Crippen LogP contribution in [0.3, 0.4) is 0 Å². The third-order valence-corrected chi connectivity index (χ3v) is 6.80. The van der Waals surface area contributed by atoms with Crippen molar-refractivity contribution in [2.45, 2.75) is 13.5 Å². The van der Waals surface area contributed by atoms with Crippen LogP contribution in [-0.2, 0) is 6.54 Å². The van der Waals surface area contributed by atoms with E-state index in [-0.39, 0.29) is 11.3 Å². The van der Waals surface area contributed by atoms with Gasteiger partial charge in [0.15, 0.2) is 5.65 Å². The first-order chi connectivity index (χ1) is 16.6. The predicted octanol–water partition coefficient (Wildman–Crippen LogP) is 3.01. The van der Waals surface area contributed by atoms with Gasteiger partial charge < -0.3 is 15.0 Å². The van der Waals surface area contributed by atoms with E-state index in [2.05, 4.69) is 26.5 Å². The molecule has 1 aliphatic heterocycles. The maximum Gasteiger partial charge on any atom is 0.261 e. The first-order valence-corrected chi connectivity index (χ1v) is 11.6. The van der Waals surface area contributed by atoms with E-state index in [0.717, 1.165) is 65.7 Å². The minimum Gasteiger partial charge on any atom is -0.508 e. The fourth-order valence-corrected chi connectivity index (χ4v) is 5.08. The van der Waals surface area contributed by atoms with Crippen LogP contribution in [0.2, 0.25) is 0 Å². The van der Waals surface area contributed by atoms with E-state index < -0.39 is 0 Å². The van der Waals surface area contributed by atoms with Gasteiger partial charge in [-0.2, -0.15) is 5.10 Å². The van der Waals surface area contributed by atoms with Crippen LogP contribution in [0.1, 0.15) is 5.69 Å². The predicted molar refractivity (Wildman–Crippen MR) is 134 cm³/mol. The van der Waals surface area contributed by atoms with Gasteiger partial charge in [0.05, 0.1) is 27.7 Å². The molecular formula is C26H26N6O2. The molecular weight excluding hydrogens is 428 g/mol. The SMILES string of the molecule is Cc1n[nH]c2nc(-c3ccc(O)cc3)c3c(=O)n(CCN4CCNCC4)c4ccccc4c3c12. The monoisotopic (exact) mass is 454 g/mol. The highest BCUT2D eigenvalue weighted by atomic mass is 16.3. The topological polar surface area (TPSA) is 99.1 Å². The number of nitrogens with one attached hydrogen (secondary N) is 2. The Morgan fingerprint density at radius 2 is 1.74 bits per heavy atom. The Hall–Kier alpha value is -3.75. The zero-order chi connectivity index (χ0) is 23.2. The van der Waals surface area contributed by atoms with Gasteiger partial charge in [0.2, 0.25) is 0 Å². The van der Waals surface area contributed by atoms with Gasteiger partial charge >= 0.3 is 0 Å². The number of aromatic nitrogens is 4. The van der Waals surface area contributed by atoms with Gasteiger partial charge in [0.25, 0.3) is 5.56 Å². The van der Waals surface area contributed by atoms with E-state index in [4.69, 9.17) is 4.98 Å². The largest absolute Gasteiger partial charge is 0.508 e. The number of aromatic amines is 1. The molecule has 1 aliphatic rings. The Balaban J connectivity index is 1.67. The minimum absolute atomic E-state index is 0.0538. The smallest absolute Gasteiger partial charge is 0.261 e. The van der Waals surface area contributed by atoms with Crippen LogP contribution in [0.15, 0.2) is 53.3 Å². The number of benzene rings is 2. The van der Waals surface area contributed by atoms with E-state index >= 15 is 0 Å². The fraction of sp³-hybridized carbons (Fsp3) is 0.269. The number of aryl methyl sites for hydroxylation is 1. The molecule has 1 fully saturated rings. The number of aromatic hydroxyl groups is 1. The molecule has 6 rings (SSSR count). The number of phenols is 1. The van der Waals surface area contributed by atoms with Crippen LogP contribution >= 0.6 is 0 Å². The first-order valence-electron chi connectivity index (χ1n) is 11.6. The Morgan fingerprint density at radius 1 is 0.971 bits per heavy atom. The van der Waals surface area contributed by atoms with Crippen LogP contribution in [0.5, 0.6) is 5.75 Å². The second-order valence-corrected chi connectivity index (χ2v) is 8.86. The van der Waals surface area contributed by atoms with E-state index in [1.165, 1.54) is 0 Å². The van der Waals surface area contributed by atoms with Crippen LogP contribution in [0, 0.1) is 6.92 Å². The lowest BCUT2D eigenvalue weighted by Gasteiger charge is -2.27. The Bertz CT molecular complexity index is 1580. The number of piperazine rings is 1. The van der Waals surface area contributed by atoms with Crippen molar-refractivity contribution in [1.82, 2.24) is 30.0 Å². The van der Waals surface area contributed by atoms with Crippen molar-refractivity contribution in [3.63, 3.8) is 0 Å². The van der Waals surface area contributed by atoms with Crippen LogP contribution < -0.4 is 10.9 Å². The first kappa shape index (κ1) is 20.8. The molecule has 8 nitrogen and oxygen atoms in total. The molecule has 5 aromatic rings. The zero-order valence-electron chi connectivity index (χ0n) is 19.0. The summed E-state index contributed by atoms with van der Waals surface area (Å²) in [5, 5.41) is 24.0. The molecule has 2 aromatic carbocycles. The molecule has 0 bridgehead atoms. The fourth-order valence-electron chi connectivity index (χ4n) is 5.08. The second kappa shape index (κ2) is 8.23. The summed E-state index contributed by atoms with van der Waals surface area (Å²) in [6.45, 7) is 7.26. The number of rotatable bonds is 4. The standard InChI is InChI=1S/C26H26N6O2/c1-16-21-22-19-4-2-3-5-20(19)32(15-14-31-12-10-27-11-13-31)26(34)23(22)24(28-25(21)30-29-16)17-6-8-18(33)9-7-17/h2-9,27,33H,10-15H2,1H3,(H,28,29,30). The lowest BCUT2D eigenvalue weighted by molar-refractivity contribution is 0.233. The lowest BCUT2D eigenvalue weighted by atomic mass is 9.98. The number of phenolic OH excluding ortho intramolecular Hbond substituents is 1. The molecule has 0 saturated carbocycles. The van der Waals surface area contributed by atoms with Gasteiger partial charge in [0, 0.05) is 55.6 Å². The number of H-pyrrole nitrogens is 1. The van der Waals surface area contributed by atoms with Gasteiger partial charge in [0.1, 0.15) is 5.75 Å². The van der Waals surface area contributed by atoms with Crippen molar-refractivity contribution >= 4 is 32.7 Å². The molecule has 3 aromatic heterocycles. The van der Waals surface area contributed by atoms with Gasteiger partial charge in [-0.25, -0.2) is 4.98 Å². The quantitative estimate of drug-likeness (QED) is 0.361. The highest BCUT2D eigenvalue weighted by Crippen LogP contribution is 2.36. The maximum absolute atomic E-state index is 14.2. The van der Waals surface area contributed by atoms with Gasteiger partial charge in [-0.1, -0.05) is 18.2 Å². The van der Waals surface area contributed by atoms with Crippen molar-refractivity contribution < 1.29 is 5.11 Å². The Labute approximate surface area is 195 Å². The van der Waals surface area contributed by atoms with Crippen molar-refractivity contribution in [3.8, 4) is 17.0 Å². The minimum atomic E-state index is -0.0538. The zero-order valence-corrected chi connectivity index (χ0v) is 19.0. The molecule has 172 valence electrons. The molecule has 34 heavy (non-hydrogen) atoms. The lowest BCUT2D eigenvalue weighted by Crippen LogP contribution is -2.45.